The summed E-state index contributed by atoms with van der Waals surface area (Å²) in [7, 11) is 0. The second-order valence-electron chi connectivity index (χ2n) is 5.37. The van der Waals surface area contributed by atoms with Crippen molar-refractivity contribution < 1.29 is 22.8 Å². The largest absolute Gasteiger partial charge is 0.402 e. The zero-order valence-electron chi connectivity index (χ0n) is 13.0. The van der Waals surface area contributed by atoms with Crippen LogP contribution in [0.1, 0.15) is 28.2 Å². The van der Waals surface area contributed by atoms with Crippen LogP contribution in [-0.4, -0.2) is 46.5 Å². The van der Waals surface area contributed by atoms with E-state index in [-0.39, 0.29) is 30.9 Å². The van der Waals surface area contributed by atoms with E-state index in [1.807, 2.05) is 0 Å². The van der Waals surface area contributed by atoms with Crippen LogP contribution in [-0.2, 0) is 11.3 Å². The number of piperazine rings is 1. The average Bonchev–Trinajstić information content (AvgIpc) is 3.09. The molecule has 1 aromatic carbocycles. The standard InChI is InChI=1S/C15H15F2N5O3/c16-12(17)13-20-21-15(25-13)19-7-9-1-3-10(4-2-9)14(24)22-6-5-18-11(23)8-22/h1-4,12H,5-8H2,(H,18,23)(H,19,21). The Balaban J connectivity index is 1.58. The van der Waals surface area contributed by atoms with Gasteiger partial charge in [-0.1, -0.05) is 17.2 Å². The summed E-state index contributed by atoms with van der Waals surface area (Å²) in [4.78, 5) is 25.2. The van der Waals surface area contributed by atoms with Crippen molar-refractivity contribution in [3.05, 3.63) is 41.3 Å². The third-order valence-corrected chi connectivity index (χ3v) is 3.60. The zero-order valence-corrected chi connectivity index (χ0v) is 13.0. The Bertz CT molecular complexity index is 763. The van der Waals surface area contributed by atoms with Gasteiger partial charge >= 0.3 is 12.4 Å². The van der Waals surface area contributed by atoms with E-state index in [0.29, 0.717) is 18.7 Å². The number of carbonyl (C=O) groups is 2. The van der Waals surface area contributed by atoms with Crippen LogP contribution in [0.25, 0.3) is 0 Å². The number of carbonyl (C=O) groups excluding carboxylic acids is 2. The fourth-order valence-corrected chi connectivity index (χ4v) is 2.33. The lowest BCUT2D eigenvalue weighted by molar-refractivity contribution is -0.123. The number of rotatable bonds is 5. The monoisotopic (exact) mass is 351 g/mol. The Morgan fingerprint density at radius 2 is 2.08 bits per heavy atom. The number of nitrogens with one attached hydrogen (secondary N) is 2. The number of alkyl halides is 2. The second-order valence-corrected chi connectivity index (χ2v) is 5.37. The van der Waals surface area contributed by atoms with Crippen LogP contribution in [0.5, 0.6) is 0 Å². The summed E-state index contributed by atoms with van der Waals surface area (Å²) < 4.78 is 29.4. The SMILES string of the molecule is O=C1CN(C(=O)c2ccc(CNc3nnc(C(F)F)o3)cc2)CCN1. The third kappa shape index (κ3) is 4.08. The van der Waals surface area contributed by atoms with E-state index in [2.05, 4.69) is 20.8 Å². The maximum Gasteiger partial charge on any atom is 0.315 e. The van der Waals surface area contributed by atoms with Crippen LogP contribution in [0.4, 0.5) is 14.8 Å². The van der Waals surface area contributed by atoms with E-state index < -0.39 is 12.3 Å². The molecule has 0 unspecified atom stereocenters. The Kier molecular flexibility index (Phi) is 4.87. The molecule has 0 bridgehead atoms. The number of anilines is 1. The maximum absolute atomic E-state index is 12.4. The molecule has 0 radical (unpaired) electrons. The Morgan fingerprint density at radius 1 is 1.32 bits per heavy atom. The quantitative estimate of drug-likeness (QED) is 0.839. The number of halogens is 2. The van der Waals surface area contributed by atoms with Crippen molar-refractivity contribution in [3.8, 4) is 0 Å². The zero-order chi connectivity index (χ0) is 17.8. The molecule has 1 aliphatic heterocycles. The third-order valence-electron chi connectivity index (χ3n) is 3.60. The van der Waals surface area contributed by atoms with Crippen molar-refractivity contribution >= 4 is 17.8 Å². The molecule has 132 valence electrons. The van der Waals surface area contributed by atoms with Gasteiger partial charge in [0.2, 0.25) is 5.91 Å². The molecule has 10 heteroatoms. The average molecular weight is 351 g/mol. The van der Waals surface area contributed by atoms with Crippen LogP contribution in [0, 0.1) is 0 Å². The number of hydrogen-bond donors (Lipinski definition) is 2. The molecule has 3 rings (SSSR count). The molecule has 0 spiro atoms. The molecule has 1 saturated heterocycles. The first kappa shape index (κ1) is 16.8. The van der Waals surface area contributed by atoms with Gasteiger partial charge in [0, 0.05) is 25.2 Å². The smallest absolute Gasteiger partial charge is 0.315 e. The van der Waals surface area contributed by atoms with E-state index in [4.69, 9.17) is 4.42 Å². The molecule has 1 fully saturated rings. The topological polar surface area (TPSA) is 100 Å². The number of aromatic nitrogens is 2. The molecule has 2 aromatic rings. The van der Waals surface area contributed by atoms with Crippen molar-refractivity contribution in [1.29, 1.82) is 0 Å². The molecule has 0 saturated carbocycles. The number of hydrogen-bond acceptors (Lipinski definition) is 6. The predicted octanol–water partition coefficient (Wildman–Crippen LogP) is 1.19. The van der Waals surface area contributed by atoms with Gasteiger partial charge in [-0.05, 0) is 17.7 Å². The van der Waals surface area contributed by atoms with Crippen LogP contribution < -0.4 is 10.6 Å². The van der Waals surface area contributed by atoms with Gasteiger partial charge in [-0.15, -0.1) is 5.10 Å². The lowest BCUT2D eigenvalue weighted by Gasteiger charge is -2.26. The van der Waals surface area contributed by atoms with E-state index in [1.54, 1.807) is 24.3 Å². The summed E-state index contributed by atoms with van der Waals surface area (Å²) in [6.45, 7) is 1.23. The lowest BCUT2D eigenvalue weighted by atomic mass is 10.1. The van der Waals surface area contributed by atoms with Gasteiger partial charge in [0.1, 0.15) is 0 Å². The minimum atomic E-state index is -2.81. The van der Waals surface area contributed by atoms with Gasteiger partial charge < -0.3 is 20.0 Å². The molecule has 2 amide bonds. The molecule has 2 N–H and O–H groups in total. The summed E-state index contributed by atoms with van der Waals surface area (Å²) >= 11 is 0. The lowest BCUT2D eigenvalue weighted by Crippen LogP contribution is -2.49. The fourth-order valence-electron chi connectivity index (χ4n) is 2.33. The first-order valence-electron chi connectivity index (χ1n) is 7.53. The first-order chi connectivity index (χ1) is 12.0. The molecule has 1 aliphatic rings. The van der Waals surface area contributed by atoms with Gasteiger partial charge in [-0.2, -0.15) is 8.78 Å². The molecule has 1 aromatic heterocycles. The van der Waals surface area contributed by atoms with Gasteiger partial charge in [0.15, 0.2) is 0 Å². The van der Waals surface area contributed by atoms with Crippen LogP contribution >= 0.6 is 0 Å². The first-order valence-corrected chi connectivity index (χ1v) is 7.53. The molecule has 25 heavy (non-hydrogen) atoms. The minimum Gasteiger partial charge on any atom is -0.402 e. The molecule has 2 heterocycles. The van der Waals surface area contributed by atoms with Gasteiger partial charge in [0.05, 0.1) is 6.54 Å². The molecule has 0 aliphatic carbocycles. The number of benzene rings is 1. The molecular formula is C15H15F2N5O3. The number of nitrogens with zero attached hydrogens (tertiary/aromatic N) is 3. The van der Waals surface area contributed by atoms with E-state index >= 15 is 0 Å². The Labute approximate surface area is 141 Å². The predicted molar refractivity (Wildman–Crippen MR) is 81.9 cm³/mol. The summed E-state index contributed by atoms with van der Waals surface area (Å²) in [5.74, 6) is -1.13. The van der Waals surface area contributed by atoms with Crippen LogP contribution in [0.15, 0.2) is 28.7 Å². The van der Waals surface area contributed by atoms with Gasteiger partial charge in [-0.25, -0.2) is 0 Å². The van der Waals surface area contributed by atoms with Crippen molar-refractivity contribution in [1.82, 2.24) is 20.4 Å². The molecular weight excluding hydrogens is 336 g/mol. The van der Waals surface area contributed by atoms with Crippen LogP contribution in [0.2, 0.25) is 0 Å². The second kappa shape index (κ2) is 7.24. The van der Waals surface area contributed by atoms with E-state index in [0.717, 1.165) is 5.56 Å². The van der Waals surface area contributed by atoms with Crippen LogP contribution in [0.3, 0.4) is 0 Å². The van der Waals surface area contributed by atoms with Gasteiger partial charge in [0.25, 0.3) is 11.8 Å². The molecule has 0 atom stereocenters. The highest BCUT2D eigenvalue weighted by Gasteiger charge is 2.22. The van der Waals surface area contributed by atoms with Crippen molar-refractivity contribution in [2.75, 3.05) is 25.0 Å². The van der Waals surface area contributed by atoms with Crippen molar-refractivity contribution in [2.45, 2.75) is 13.0 Å². The van der Waals surface area contributed by atoms with E-state index in [1.165, 1.54) is 4.90 Å². The Hall–Kier alpha value is -3.04. The van der Waals surface area contributed by atoms with Gasteiger partial charge in [-0.3, -0.25) is 9.59 Å². The summed E-state index contributed by atoms with van der Waals surface area (Å²) in [6.07, 6.45) is -2.81. The summed E-state index contributed by atoms with van der Waals surface area (Å²) in [5.41, 5.74) is 1.26. The normalized spacial score (nSPS) is 14.5. The molecule has 8 nitrogen and oxygen atoms in total. The van der Waals surface area contributed by atoms with Crippen molar-refractivity contribution in [2.24, 2.45) is 0 Å². The fraction of sp³-hybridized carbons (Fsp3) is 0.333. The summed E-state index contributed by atoms with van der Waals surface area (Å²) in [5, 5.41) is 12.1. The summed E-state index contributed by atoms with van der Waals surface area (Å²) in [6, 6.07) is 6.62. The highest BCUT2D eigenvalue weighted by Crippen LogP contribution is 2.19. The van der Waals surface area contributed by atoms with Crippen molar-refractivity contribution in [3.63, 3.8) is 0 Å². The highest BCUT2D eigenvalue weighted by molar-refractivity contribution is 5.97. The highest BCUT2D eigenvalue weighted by atomic mass is 19.3. The minimum absolute atomic E-state index is 0.0474. The Morgan fingerprint density at radius 3 is 2.72 bits per heavy atom. The number of amides is 2. The van der Waals surface area contributed by atoms with E-state index in [9.17, 15) is 18.4 Å². The maximum atomic E-state index is 12.4.